The second-order valence-corrected chi connectivity index (χ2v) is 14.3. The van der Waals surface area contributed by atoms with E-state index in [0.29, 0.717) is 11.8 Å². The minimum absolute atomic E-state index is 0.681. The maximum Gasteiger partial charge on any atom is 0.147 e. The summed E-state index contributed by atoms with van der Waals surface area (Å²) in [6, 6.07) is 0. The number of alkyl halides is 1. The Morgan fingerprint density at radius 2 is 1.24 bits per heavy atom. The Labute approximate surface area is 332 Å². The summed E-state index contributed by atoms with van der Waals surface area (Å²) in [5, 5.41) is -1.31. The molecule has 0 aromatic carbocycles. The zero-order chi connectivity index (χ0) is 42.6. The zero-order valence-electron chi connectivity index (χ0n) is 39.7. The van der Waals surface area contributed by atoms with Crippen molar-refractivity contribution >= 4 is 12.6 Å². The van der Waals surface area contributed by atoms with Crippen LogP contribution in [0.5, 0.6) is 0 Å². The summed E-state index contributed by atoms with van der Waals surface area (Å²) in [6.07, 6.45) is 23.5. The van der Waals surface area contributed by atoms with Crippen molar-refractivity contribution in [3.8, 4) is 0 Å². The van der Waals surface area contributed by atoms with Crippen LogP contribution in [0.3, 0.4) is 0 Å². The molecule has 51 heavy (non-hydrogen) atoms. The van der Waals surface area contributed by atoms with E-state index in [0.717, 1.165) is 17.8 Å². The highest BCUT2D eigenvalue weighted by molar-refractivity contribution is 7.81. The molecule has 0 aromatic rings. The second kappa shape index (κ2) is 53.1. The molecule has 5 atom stereocenters. The van der Waals surface area contributed by atoms with Gasteiger partial charge in [0.05, 0.1) is 0 Å². The normalized spacial score (nSPS) is 17.1. The Balaban J connectivity index is -0.0000000714. The molecule has 2 aliphatic rings. The van der Waals surface area contributed by atoms with Crippen molar-refractivity contribution in [3.05, 3.63) is 71.9 Å². The van der Waals surface area contributed by atoms with E-state index in [4.69, 9.17) is 0 Å². The highest BCUT2D eigenvalue weighted by Gasteiger charge is 2.16. The van der Waals surface area contributed by atoms with Gasteiger partial charge in [0.25, 0.3) is 0 Å². The molecule has 0 amide bonds. The zero-order valence-corrected chi connectivity index (χ0v) is 40.6. The van der Waals surface area contributed by atoms with Crippen LogP contribution >= 0.6 is 12.6 Å². The van der Waals surface area contributed by atoms with Crippen molar-refractivity contribution in [2.45, 2.75) is 216 Å². The lowest BCUT2D eigenvalue weighted by molar-refractivity contribution is 0.349. The van der Waals surface area contributed by atoms with E-state index >= 15 is 0 Å². The van der Waals surface area contributed by atoms with Crippen LogP contribution in [0.2, 0.25) is 0 Å². The highest BCUT2D eigenvalue weighted by Crippen LogP contribution is 2.29. The number of hydrogen-bond donors (Lipinski definition) is 1. The molecular formula is C49H101FS. The van der Waals surface area contributed by atoms with Gasteiger partial charge in [-0.2, -0.15) is 0 Å². The van der Waals surface area contributed by atoms with Crippen molar-refractivity contribution in [2.24, 2.45) is 29.6 Å². The van der Waals surface area contributed by atoms with Crippen molar-refractivity contribution in [1.29, 1.82) is 0 Å². The number of hydrogen-bond acceptors (Lipinski definition) is 1. The Morgan fingerprint density at radius 3 is 1.43 bits per heavy atom. The fourth-order valence-corrected chi connectivity index (χ4v) is 3.82. The van der Waals surface area contributed by atoms with E-state index in [-0.39, 0.29) is 0 Å². The average molecular weight is 741 g/mol. The summed E-state index contributed by atoms with van der Waals surface area (Å²) in [7, 11) is 0. The van der Waals surface area contributed by atoms with E-state index in [1.165, 1.54) is 81.9 Å². The molecular weight excluding hydrogens is 640 g/mol. The Bertz CT molecular complexity index is 772. The highest BCUT2D eigenvalue weighted by atomic mass is 32.1. The van der Waals surface area contributed by atoms with Gasteiger partial charge in [-0.3, -0.25) is 0 Å². The number of halogens is 1. The molecule has 5 unspecified atom stereocenters. The van der Waals surface area contributed by atoms with E-state index in [1.54, 1.807) is 11.6 Å². The monoisotopic (exact) mass is 741 g/mol. The van der Waals surface area contributed by atoms with Crippen molar-refractivity contribution in [3.63, 3.8) is 0 Å². The second-order valence-electron chi connectivity index (χ2n) is 13.3. The first-order valence-corrected chi connectivity index (χ1v) is 21.6. The van der Waals surface area contributed by atoms with Gasteiger partial charge in [-0.25, -0.2) is 4.39 Å². The van der Waals surface area contributed by atoms with Crippen molar-refractivity contribution in [2.75, 3.05) is 0 Å². The number of rotatable bonds is 8. The van der Waals surface area contributed by atoms with Gasteiger partial charge >= 0.3 is 0 Å². The molecule has 2 heteroatoms. The van der Waals surface area contributed by atoms with Gasteiger partial charge in [-0.15, -0.1) is 25.8 Å². The molecule has 0 aliphatic heterocycles. The molecule has 0 saturated heterocycles. The van der Waals surface area contributed by atoms with Crippen LogP contribution in [0.1, 0.15) is 211 Å². The van der Waals surface area contributed by atoms with E-state index in [2.05, 4.69) is 133 Å². The molecule has 2 aliphatic carbocycles. The molecule has 1 fully saturated rings. The van der Waals surface area contributed by atoms with Crippen LogP contribution in [0.25, 0.3) is 0 Å². The van der Waals surface area contributed by atoms with Crippen LogP contribution in [-0.4, -0.2) is 5.00 Å². The van der Waals surface area contributed by atoms with Gasteiger partial charge < -0.3 is 0 Å². The quantitative estimate of drug-likeness (QED) is 0.143. The Morgan fingerprint density at radius 1 is 0.863 bits per heavy atom. The van der Waals surface area contributed by atoms with E-state index in [1.807, 2.05) is 68.4 Å². The van der Waals surface area contributed by atoms with Gasteiger partial charge in [-0.1, -0.05) is 197 Å². The van der Waals surface area contributed by atoms with Gasteiger partial charge in [0.2, 0.25) is 0 Å². The van der Waals surface area contributed by atoms with Crippen LogP contribution < -0.4 is 0 Å². The molecule has 310 valence electrons. The molecule has 0 heterocycles. The minimum Gasteiger partial charge on any atom is -0.233 e. The lowest BCUT2D eigenvalue weighted by Gasteiger charge is -2.16. The molecule has 0 aromatic heterocycles. The van der Waals surface area contributed by atoms with E-state index in [9.17, 15) is 4.39 Å². The van der Waals surface area contributed by atoms with Crippen LogP contribution in [-0.2, 0) is 0 Å². The van der Waals surface area contributed by atoms with Crippen molar-refractivity contribution in [1.82, 2.24) is 0 Å². The summed E-state index contributed by atoms with van der Waals surface area (Å²) in [6.45, 7) is 54.5. The Hall–Kier alpha value is -1.28. The lowest BCUT2D eigenvalue weighted by Crippen LogP contribution is -2.01. The summed E-state index contributed by atoms with van der Waals surface area (Å²) in [4.78, 5) is 0. The van der Waals surface area contributed by atoms with E-state index < -0.39 is 5.00 Å². The summed E-state index contributed by atoms with van der Waals surface area (Å²) in [5.74, 6) is 4.24. The van der Waals surface area contributed by atoms with Gasteiger partial charge in [0.1, 0.15) is 5.00 Å². The summed E-state index contributed by atoms with van der Waals surface area (Å²) >= 11 is 3.46. The SMILES string of the molecule is C=CC.C=CC(C)C(C)CC.CC.CC.CC.CC.CC(C)(F)S.CC/C=C1\C=C(CC)C1.CC1CCC(C)C1.CCC(C)/C=C\C(C)=C(C)C. The van der Waals surface area contributed by atoms with Gasteiger partial charge in [-0.05, 0) is 102 Å². The fourth-order valence-electron chi connectivity index (χ4n) is 3.82. The maximum absolute atomic E-state index is 11.6. The summed E-state index contributed by atoms with van der Waals surface area (Å²) < 4.78 is 11.6. The van der Waals surface area contributed by atoms with Crippen molar-refractivity contribution < 1.29 is 4.39 Å². The number of allylic oxidation sites excluding steroid dienone is 10. The first-order chi connectivity index (χ1) is 23.9. The standard InChI is InChI=1S/C11H20.C9H14.C8H16.C7H14.C3H7FS.C3H6.4C2H6/c1-6-10(4)7-8-11(5)9(2)3;1-3-5-9-6-8(4-2)7-9;1-5-7(3)8(4)6-2;1-6-3-4-7(2)5-6;1-3(2,4)5;1-3-2;4*1-2/h7-8,10H,6H2,1-5H3;5-6H,3-4,7H2,1-2H3;5,7-8H,1,6H2,2-4H3;6-7H,3-5H2,1-2H3;5H,1-2H3;3H,1H2,2H3;4*1-2H3/b8-7-;9-5+;;;;;;;;. The van der Waals surface area contributed by atoms with Crippen LogP contribution in [0, 0.1) is 29.6 Å². The van der Waals surface area contributed by atoms with Gasteiger partial charge in [0, 0.05) is 0 Å². The molecule has 0 bridgehead atoms. The first kappa shape index (κ1) is 67.8. The molecule has 0 nitrogen and oxygen atoms in total. The predicted molar refractivity (Wildman–Crippen MR) is 250 cm³/mol. The lowest BCUT2D eigenvalue weighted by atomic mass is 9.90. The Kier molecular flexibility index (Phi) is 70.6. The fraction of sp³-hybridized carbons (Fsp3) is 0.755. The molecule has 1 saturated carbocycles. The van der Waals surface area contributed by atoms with Gasteiger partial charge in [0.15, 0.2) is 0 Å². The largest absolute Gasteiger partial charge is 0.233 e. The maximum atomic E-state index is 11.6. The topological polar surface area (TPSA) is 0 Å². The average Bonchev–Trinajstić information content (AvgIpc) is 3.49. The van der Waals surface area contributed by atoms with Crippen LogP contribution in [0.4, 0.5) is 4.39 Å². The predicted octanol–water partition coefficient (Wildman–Crippen LogP) is 19.2. The first-order valence-electron chi connectivity index (χ1n) is 21.2. The number of thiol groups is 1. The smallest absolute Gasteiger partial charge is 0.147 e. The third-order valence-corrected chi connectivity index (χ3v) is 7.72. The third kappa shape index (κ3) is 67.4. The molecule has 0 radical (unpaired) electrons. The third-order valence-electron chi connectivity index (χ3n) is 7.72. The molecule has 2 rings (SSSR count). The van der Waals surface area contributed by atoms with Crippen LogP contribution in [0.15, 0.2) is 71.9 Å². The molecule has 0 spiro atoms. The minimum atomic E-state index is -1.31. The summed E-state index contributed by atoms with van der Waals surface area (Å²) in [5.41, 5.74) is 5.94. The molecule has 0 N–H and O–H groups in total.